The summed E-state index contributed by atoms with van der Waals surface area (Å²) in [4.78, 5) is 16.3. The van der Waals surface area contributed by atoms with Gasteiger partial charge in [0.1, 0.15) is 16.5 Å². The Morgan fingerprint density at radius 2 is 2.09 bits per heavy atom. The molecule has 6 heteroatoms. The molecule has 0 saturated carbocycles. The van der Waals surface area contributed by atoms with Gasteiger partial charge in [0, 0.05) is 23.6 Å². The summed E-state index contributed by atoms with van der Waals surface area (Å²) in [5.41, 5.74) is 4.85. The van der Waals surface area contributed by atoms with Crippen molar-refractivity contribution >= 4 is 39.5 Å². The van der Waals surface area contributed by atoms with Gasteiger partial charge >= 0.3 is 0 Å². The van der Waals surface area contributed by atoms with Gasteiger partial charge in [0.25, 0.3) is 0 Å². The third kappa shape index (κ3) is 2.59. The van der Waals surface area contributed by atoms with Crippen LogP contribution in [-0.4, -0.2) is 19.9 Å². The Morgan fingerprint density at radius 1 is 1.17 bits per heavy atom. The molecule has 4 rings (SSSR count). The first-order chi connectivity index (χ1) is 11.2. The standard InChI is InChI=1S/C17H14ClN5/c1-10-7-19-12-4-2-3-11(16(10)12)8-21-15-9-20-13-5-6-14(18)22-17(13)23-15/h2-7,9,19H,8H2,1H3,(H,21,22,23). The maximum absolute atomic E-state index is 5.91. The molecule has 0 aliphatic rings. The van der Waals surface area contributed by atoms with E-state index in [1.807, 2.05) is 18.3 Å². The minimum Gasteiger partial charge on any atom is -0.365 e. The van der Waals surface area contributed by atoms with Gasteiger partial charge in [-0.15, -0.1) is 0 Å². The third-order valence-electron chi connectivity index (χ3n) is 3.82. The van der Waals surface area contributed by atoms with Gasteiger partial charge in [-0.2, -0.15) is 0 Å². The summed E-state index contributed by atoms with van der Waals surface area (Å²) in [6.07, 6.45) is 3.73. The maximum atomic E-state index is 5.91. The SMILES string of the molecule is Cc1c[nH]c2cccc(CNc3cnc4ccc(Cl)nc4n3)c12. The van der Waals surface area contributed by atoms with E-state index < -0.39 is 0 Å². The predicted octanol–water partition coefficient (Wildman–Crippen LogP) is 4.08. The first-order valence-electron chi connectivity index (χ1n) is 7.29. The lowest BCUT2D eigenvalue weighted by Gasteiger charge is -2.08. The molecule has 0 atom stereocenters. The molecule has 0 saturated heterocycles. The Morgan fingerprint density at radius 3 is 3.00 bits per heavy atom. The van der Waals surface area contributed by atoms with Gasteiger partial charge in [-0.1, -0.05) is 23.7 Å². The smallest absolute Gasteiger partial charge is 0.181 e. The van der Waals surface area contributed by atoms with Crippen molar-refractivity contribution in [3.8, 4) is 0 Å². The molecule has 0 bridgehead atoms. The second-order valence-electron chi connectivity index (χ2n) is 5.40. The second-order valence-corrected chi connectivity index (χ2v) is 5.78. The Bertz CT molecular complexity index is 1010. The van der Waals surface area contributed by atoms with E-state index in [2.05, 4.69) is 44.3 Å². The molecule has 3 heterocycles. The molecule has 0 aliphatic carbocycles. The van der Waals surface area contributed by atoms with Gasteiger partial charge in [0.2, 0.25) is 0 Å². The lowest BCUT2D eigenvalue weighted by molar-refractivity contribution is 1.11. The van der Waals surface area contributed by atoms with E-state index >= 15 is 0 Å². The highest BCUT2D eigenvalue weighted by Gasteiger charge is 2.07. The van der Waals surface area contributed by atoms with Crippen LogP contribution in [0.5, 0.6) is 0 Å². The summed E-state index contributed by atoms with van der Waals surface area (Å²) in [5, 5.41) is 4.97. The number of rotatable bonds is 3. The van der Waals surface area contributed by atoms with Crippen molar-refractivity contribution in [3.05, 3.63) is 59.0 Å². The van der Waals surface area contributed by atoms with Crippen LogP contribution in [-0.2, 0) is 6.54 Å². The van der Waals surface area contributed by atoms with Crippen molar-refractivity contribution < 1.29 is 0 Å². The van der Waals surface area contributed by atoms with E-state index in [0.717, 1.165) is 11.0 Å². The summed E-state index contributed by atoms with van der Waals surface area (Å²) in [5.74, 6) is 0.678. The van der Waals surface area contributed by atoms with Gasteiger partial charge in [0.15, 0.2) is 5.65 Å². The molecule has 5 nitrogen and oxygen atoms in total. The largest absolute Gasteiger partial charge is 0.365 e. The van der Waals surface area contributed by atoms with Crippen LogP contribution in [0, 0.1) is 6.92 Å². The fraction of sp³-hybridized carbons (Fsp3) is 0.118. The topological polar surface area (TPSA) is 66.5 Å². The number of anilines is 1. The fourth-order valence-electron chi connectivity index (χ4n) is 2.74. The number of hydrogen-bond donors (Lipinski definition) is 2. The summed E-state index contributed by atoms with van der Waals surface area (Å²) >= 11 is 5.91. The van der Waals surface area contributed by atoms with E-state index in [9.17, 15) is 0 Å². The molecule has 1 aromatic carbocycles. The van der Waals surface area contributed by atoms with Crippen LogP contribution in [0.1, 0.15) is 11.1 Å². The molecule has 2 N–H and O–H groups in total. The van der Waals surface area contributed by atoms with Crippen LogP contribution in [0.3, 0.4) is 0 Å². The van der Waals surface area contributed by atoms with Crippen molar-refractivity contribution in [1.29, 1.82) is 0 Å². The number of aromatic amines is 1. The van der Waals surface area contributed by atoms with Crippen molar-refractivity contribution in [2.24, 2.45) is 0 Å². The van der Waals surface area contributed by atoms with Crippen LogP contribution in [0.15, 0.2) is 42.7 Å². The third-order valence-corrected chi connectivity index (χ3v) is 4.03. The molecule has 0 radical (unpaired) electrons. The van der Waals surface area contributed by atoms with Crippen LogP contribution in [0.4, 0.5) is 5.82 Å². The number of pyridine rings is 1. The molecule has 114 valence electrons. The number of nitrogens with one attached hydrogen (secondary N) is 2. The van der Waals surface area contributed by atoms with Crippen LogP contribution in [0.25, 0.3) is 22.1 Å². The number of hydrogen-bond acceptors (Lipinski definition) is 4. The zero-order valence-corrected chi connectivity index (χ0v) is 13.2. The van der Waals surface area contributed by atoms with Crippen LogP contribution < -0.4 is 5.32 Å². The second kappa shape index (κ2) is 5.52. The van der Waals surface area contributed by atoms with E-state index in [4.69, 9.17) is 11.6 Å². The average Bonchev–Trinajstić information content (AvgIpc) is 2.94. The normalized spacial score (nSPS) is 11.2. The minimum absolute atomic E-state index is 0.414. The lowest BCUT2D eigenvalue weighted by atomic mass is 10.1. The molecule has 4 aromatic rings. The number of nitrogens with zero attached hydrogens (tertiary/aromatic N) is 3. The van der Waals surface area contributed by atoms with Crippen LogP contribution in [0.2, 0.25) is 5.15 Å². The first kappa shape index (κ1) is 14.0. The van der Waals surface area contributed by atoms with Gasteiger partial charge in [-0.25, -0.2) is 15.0 Å². The summed E-state index contributed by atoms with van der Waals surface area (Å²) in [7, 11) is 0. The van der Waals surface area contributed by atoms with Crippen molar-refractivity contribution in [1.82, 2.24) is 19.9 Å². The number of aryl methyl sites for hydroxylation is 1. The fourth-order valence-corrected chi connectivity index (χ4v) is 2.88. The highest BCUT2D eigenvalue weighted by atomic mass is 35.5. The molecule has 23 heavy (non-hydrogen) atoms. The highest BCUT2D eigenvalue weighted by molar-refractivity contribution is 6.29. The van der Waals surface area contributed by atoms with Gasteiger partial charge in [-0.3, -0.25) is 0 Å². The van der Waals surface area contributed by atoms with Crippen molar-refractivity contribution in [2.45, 2.75) is 13.5 Å². The Hall–Kier alpha value is -2.66. The molecule has 0 aliphatic heterocycles. The number of H-pyrrole nitrogens is 1. The maximum Gasteiger partial charge on any atom is 0.181 e. The lowest BCUT2D eigenvalue weighted by Crippen LogP contribution is -2.03. The highest BCUT2D eigenvalue weighted by Crippen LogP contribution is 2.23. The molecular formula is C17H14ClN5. The summed E-state index contributed by atoms with van der Waals surface area (Å²) in [6, 6.07) is 9.75. The first-order valence-corrected chi connectivity index (χ1v) is 7.67. The van der Waals surface area contributed by atoms with Gasteiger partial charge < -0.3 is 10.3 Å². The number of benzene rings is 1. The molecule has 0 unspecified atom stereocenters. The van der Waals surface area contributed by atoms with Crippen molar-refractivity contribution in [3.63, 3.8) is 0 Å². The number of fused-ring (bicyclic) bond motifs is 2. The van der Waals surface area contributed by atoms with Crippen molar-refractivity contribution in [2.75, 3.05) is 5.32 Å². The van der Waals surface area contributed by atoms with Crippen LogP contribution >= 0.6 is 11.6 Å². The molecule has 3 aromatic heterocycles. The number of halogens is 1. The van der Waals surface area contributed by atoms with Gasteiger partial charge in [-0.05, 0) is 36.2 Å². The number of aromatic nitrogens is 4. The Balaban J connectivity index is 1.64. The minimum atomic E-state index is 0.414. The monoisotopic (exact) mass is 323 g/mol. The average molecular weight is 324 g/mol. The zero-order valence-electron chi connectivity index (χ0n) is 12.5. The van der Waals surface area contributed by atoms with E-state index in [-0.39, 0.29) is 0 Å². The Labute approximate surface area is 137 Å². The molecule has 0 amide bonds. The molecule has 0 fully saturated rings. The van der Waals surface area contributed by atoms with E-state index in [1.165, 1.54) is 16.5 Å². The Kier molecular flexibility index (Phi) is 3.35. The summed E-state index contributed by atoms with van der Waals surface area (Å²) < 4.78 is 0. The van der Waals surface area contributed by atoms with Gasteiger partial charge in [0.05, 0.1) is 6.20 Å². The molecular weight excluding hydrogens is 310 g/mol. The predicted molar refractivity (Wildman–Crippen MR) is 92.7 cm³/mol. The van der Waals surface area contributed by atoms with E-state index in [1.54, 1.807) is 12.3 Å². The summed E-state index contributed by atoms with van der Waals surface area (Å²) in [6.45, 7) is 2.76. The zero-order chi connectivity index (χ0) is 15.8. The van der Waals surface area contributed by atoms with E-state index in [0.29, 0.717) is 23.2 Å². The molecule has 0 spiro atoms. The quantitative estimate of drug-likeness (QED) is 0.557.